The van der Waals surface area contributed by atoms with Crippen molar-refractivity contribution in [1.29, 1.82) is 0 Å². The minimum atomic E-state index is -1.65. The van der Waals surface area contributed by atoms with Crippen LogP contribution >= 0.6 is 0 Å². The van der Waals surface area contributed by atoms with E-state index in [1.54, 1.807) is 0 Å². The van der Waals surface area contributed by atoms with Crippen molar-refractivity contribution < 1.29 is 73.6 Å². The number of benzene rings is 4. The first-order valence-corrected chi connectivity index (χ1v) is 12.3. The Morgan fingerprint density at radius 3 is 0.822 bits per heavy atom. The lowest BCUT2D eigenvalue weighted by atomic mass is 10.1. The predicted molar refractivity (Wildman–Crippen MR) is 148 cm³/mol. The molecule has 0 saturated carbocycles. The minimum absolute atomic E-state index is 0.301. The molecular formula is C30H18O15. The molecule has 0 spiro atoms. The topological polar surface area (TPSA) is 251 Å². The highest BCUT2D eigenvalue weighted by Gasteiger charge is 2.25. The summed E-state index contributed by atoms with van der Waals surface area (Å²) in [7, 11) is 0. The molecule has 15 heteroatoms. The van der Waals surface area contributed by atoms with E-state index in [-0.39, 0.29) is 17.2 Å². The maximum Gasteiger partial charge on any atom is 0.340 e. The van der Waals surface area contributed by atoms with Gasteiger partial charge in [0.25, 0.3) is 0 Å². The molecule has 0 aromatic heterocycles. The summed E-state index contributed by atoms with van der Waals surface area (Å²) < 4.78 is 17.0. The van der Waals surface area contributed by atoms with E-state index < -0.39 is 86.4 Å². The fraction of sp³-hybridized carbons (Fsp3) is 0. The van der Waals surface area contributed by atoms with E-state index in [2.05, 4.69) is 0 Å². The Balaban J connectivity index is 1.90. The van der Waals surface area contributed by atoms with Crippen LogP contribution in [0.2, 0.25) is 0 Å². The van der Waals surface area contributed by atoms with Crippen molar-refractivity contribution in [3.8, 4) is 34.5 Å². The average molecular weight is 618 g/mol. The van der Waals surface area contributed by atoms with Gasteiger partial charge in [-0.15, -0.1) is 0 Å². The summed E-state index contributed by atoms with van der Waals surface area (Å²) in [6, 6.07) is 13.4. The highest BCUT2D eigenvalue weighted by molar-refractivity contribution is 6.05. The van der Waals surface area contributed by atoms with Crippen molar-refractivity contribution >= 4 is 35.8 Å². The van der Waals surface area contributed by atoms with Crippen LogP contribution in [0, 0.1) is 0 Å². The molecule has 0 unspecified atom stereocenters. The maximum atomic E-state index is 11.9. The van der Waals surface area contributed by atoms with Gasteiger partial charge in [-0.25, -0.2) is 28.8 Å². The maximum absolute atomic E-state index is 11.9. The molecule has 0 aliphatic rings. The molecule has 4 aromatic carbocycles. The molecule has 0 radical (unpaired) electrons. The Bertz CT molecular complexity index is 1680. The van der Waals surface area contributed by atoms with Crippen LogP contribution in [0.1, 0.15) is 62.1 Å². The summed E-state index contributed by atoms with van der Waals surface area (Å²) in [6.45, 7) is 0. The molecule has 4 rings (SSSR count). The van der Waals surface area contributed by atoms with Crippen LogP contribution in [0.4, 0.5) is 0 Å². The normalized spacial score (nSPS) is 10.4. The number of rotatable bonds is 12. The molecule has 6 N–H and O–H groups in total. The van der Waals surface area contributed by atoms with E-state index in [1.807, 2.05) is 0 Å². The van der Waals surface area contributed by atoms with Crippen molar-refractivity contribution in [2.45, 2.75) is 0 Å². The second kappa shape index (κ2) is 12.5. The average Bonchev–Trinajstić information content (AvgIpc) is 2.96. The summed E-state index contributed by atoms with van der Waals surface area (Å²) >= 11 is 0. The van der Waals surface area contributed by atoms with Gasteiger partial charge >= 0.3 is 35.8 Å². The van der Waals surface area contributed by atoms with Gasteiger partial charge in [0, 0.05) is 18.2 Å². The van der Waals surface area contributed by atoms with E-state index in [4.69, 9.17) is 14.2 Å². The first kappa shape index (κ1) is 31.0. The van der Waals surface area contributed by atoms with Gasteiger partial charge in [-0.3, -0.25) is 0 Å². The van der Waals surface area contributed by atoms with Gasteiger partial charge in [-0.1, -0.05) is 18.2 Å². The summed E-state index contributed by atoms with van der Waals surface area (Å²) in [4.78, 5) is 70.7. The van der Waals surface area contributed by atoms with Crippen molar-refractivity contribution in [3.05, 3.63) is 106 Å². The van der Waals surface area contributed by atoms with Crippen LogP contribution in [0.15, 0.2) is 72.8 Å². The lowest BCUT2D eigenvalue weighted by Crippen LogP contribution is -2.10. The van der Waals surface area contributed by atoms with Crippen LogP contribution in [0.25, 0.3) is 0 Å². The van der Waals surface area contributed by atoms with Crippen LogP contribution in [0.5, 0.6) is 34.5 Å². The SMILES string of the molecule is O=C(O)c1cccc(Oc2cc(Oc3cccc(C(=O)O)c3C(=O)O)cc(Oc3cccc(C(=O)O)c3C(=O)O)c2)c1C(=O)O. The van der Waals surface area contributed by atoms with Crippen molar-refractivity contribution in [2.75, 3.05) is 0 Å². The molecule has 0 bridgehead atoms. The fourth-order valence-corrected chi connectivity index (χ4v) is 4.15. The minimum Gasteiger partial charge on any atom is -0.478 e. The van der Waals surface area contributed by atoms with Crippen molar-refractivity contribution in [3.63, 3.8) is 0 Å². The zero-order chi connectivity index (χ0) is 33.0. The molecule has 0 aliphatic carbocycles. The van der Waals surface area contributed by atoms with Gasteiger partial charge in [-0.2, -0.15) is 0 Å². The molecule has 0 fully saturated rings. The molecule has 45 heavy (non-hydrogen) atoms. The zero-order valence-electron chi connectivity index (χ0n) is 22.3. The summed E-state index contributed by atoms with van der Waals surface area (Å²) in [5, 5.41) is 57.4. The molecule has 4 aromatic rings. The highest BCUT2D eigenvalue weighted by atomic mass is 16.5. The molecule has 0 atom stereocenters. The summed E-state index contributed by atoms with van der Waals surface area (Å²) in [5.41, 5.74) is -4.04. The zero-order valence-corrected chi connectivity index (χ0v) is 22.3. The van der Waals surface area contributed by atoms with Gasteiger partial charge in [0.2, 0.25) is 0 Å². The smallest absolute Gasteiger partial charge is 0.340 e. The molecule has 0 aliphatic heterocycles. The van der Waals surface area contributed by atoms with Crippen LogP contribution in [0.3, 0.4) is 0 Å². The van der Waals surface area contributed by atoms with E-state index in [9.17, 15) is 59.4 Å². The van der Waals surface area contributed by atoms with Gasteiger partial charge in [0.15, 0.2) is 0 Å². The third-order valence-corrected chi connectivity index (χ3v) is 5.95. The Kier molecular flexibility index (Phi) is 8.65. The molecule has 228 valence electrons. The quantitative estimate of drug-likeness (QED) is 0.118. The van der Waals surface area contributed by atoms with Crippen LogP contribution in [-0.2, 0) is 0 Å². The highest BCUT2D eigenvalue weighted by Crippen LogP contribution is 2.39. The van der Waals surface area contributed by atoms with Crippen LogP contribution < -0.4 is 14.2 Å². The Morgan fingerprint density at radius 2 is 0.622 bits per heavy atom. The number of ether oxygens (including phenoxy) is 3. The summed E-state index contributed by atoms with van der Waals surface area (Å²) in [5.74, 6) is -11.9. The van der Waals surface area contributed by atoms with Gasteiger partial charge in [0.05, 0.1) is 16.7 Å². The lowest BCUT2D eigenvalue weighted by molar-refractivity contribution is 0.0648. The number of carboxylic acid groups (broad SMARTS) is 6. The molecule has 0 heterocycles. The number of carbonyl (C=O) groups is 6. The first-order valence-electron chi connectivity index (χ1n) is 12.3. The Morgan fingerprint density at radius 1 is 0.378 bits per heavy atom. The van der Waals surface area contributed by atoms with E-state index in [1.165, 1.54) is 18.2 Å². The third-order valence-electron chi connectivity index (χ3n) is 5.95. The second-order valence-electron chi connectivity index (χ2n) is 8.81. The van der Waals surface area contributed by atoms with E-state index in [0.717, 1.165) is 54.6 Å². The molecule has 0 saturated heterocycles. The number of carboxylic acids is 6. The first-order chi connectivity index (χ1) is 21.3. The predicted octanol–water partition coefficient (Wildman–Crippen LogP) is 5.25. The lowest BCUT2D eigenvalue weighted by Gasteiger charge is -2.16. The van der Waals surface area contributed by atoms with Gasteiger partial charge < -0.3 is 44.8 Å². The standard InChI is InChI=1S/C30H18O15/c31-25(32)16-4-1-7-19(22(16)28(37)38)43-13-10-14(44-20-8-2-5-17(26(33)34)23(20)29(39)40)12-15(11-13)45-21-9-3-6-18(27(35)36)24(21)30(41)42/h1-12H,(H,31,32)(H,33,34)(H,35,36)(H,37,38)(H,39,40)(H,41,42). The summed E-state index contributed by atoms with van der Waals surface area (Å²) in [6.07, 6.45) is 0. The number of aromatic carboxylic acids is 6. The monoisotopic (exact) mass is 618 g/mol. The van der Waals surface area contributed by atoms with Crippen molar-refractivity contribution in [2.24, 2.45) is 0 Å². The molecular weight excluding hydrogens is 600 g/mol. The van der Waals surface area contributed by atoms with Crippen molar-refractivity contribution in [1.82, 2.24) is 0 Å². The van der Waals surface area contributed by atoms with Gasteiger partial charge in [0.1, 0.15) is 51.2 Å². The largest absolute Gasteiger partial charge is 0.478 e. The molecule has 15 nitrogen and oxygen atoms in total. The Hall–Kier alpha value is -6.90. The fourth-order valence-electron chi connectivity index (χ4n) is 4.15. The van der Waals surface area contributed by atoms with Crippen LogP contribution in [-0.4, -0.2) is 66.5 Å². The second-order valence-corrected chi connectivity index (χ2v) is 8.81. The van der Waals surface area contributed by atoms with Gasteiger partial charge in [-0.05, 0) is 36.4 Å². The van der Waals surface area contributed by atoms with E-state index in [0.29, 0.717) is 0 Å². The number of hydrogen-bond acceptors (Lipinski definition) is 9. The van der Waals surface area contributed by atoms with E-state index >= 15 is 0 Å². The Labute approximate surface area is 250 Å². The molecule has 0 amide bonds. The number of hydrogen-bond donors (Lipinski definition) is 6. The third kappa shape index (κ3) is 6.62.